The number of aromatic nitrogens is 3. The van der Waals surface area contributed by atoms with Crippen LogP contribution < -0.4 is 0 Å². The molecule has 7 heteroatoms. The highest BCUT2D eigenvalue weighted by Gasteiger charge is 2.21. The Labute approximate surface area is 172 Å². The summed E-state index contributed by atoms with van der Waals surface area (Å²) < 4.78 is 7.34. The van der Waals surface area contributed by atoms with Crippen LogP contribution in [0.15, 0.2) is 35.5 Å². The summed E-state index contributed by atoms with van der Waals surface area (Å²) in [6, 6.07) is 10.7. The average Bonchev–Trinajstić information content (AvgIpc) is 3.05. The van der Waals surface area contributed by atoms with E-state index in [2.05, 4.69) is 26.9 Å². The summed E-state index contributed by atoms with van der Waals surface area (Å²) in [5.74, 6) is 1.42. The van der Waals surface area contributed by atoms with Gasteiger partial charge >= 0.3 is 0 Å². The van der Waals surface area contributed by atoms with E-state index in [-0.39, 0.29) is 18.0 Å². The van der Waals surface area contributed by atoms with Crippen LogP contribution in [-0.4, -0.2) is 57.1 Å². The fourth-order valence-corrected chi connectivity index (χ4v) is 4.14. The second kappa shape index (κ2) is 11.2. The Hall–Kier alpha value is -1.86. The van der Waals surface area contributed by atoms with Crippen LogP contribution in [0.5, 0.6) is 0 Å². The second-order valence-corrected chi connectivity index (χ2v) is 8.25. The Kier molecular flexibility index (Phi) is 8.99. The minimum atomic E-state index is 0.127. The van der Waals surface area contributed by atoms with Gasteiger partial charge in [0.25, 0.3) is 0 Å². The highest BCUT2D eigenvalue weighted by Crippen LogP contribution is 2.20. The number of amides is 1. The molecule has 2 rings (SSSR count). The second-order valence-electron chi connectivity index (χ2n) is 7.31. The highest BCUT2D eigenvalue weighted by atomic mass is 32.2. The van der Waals surface area contributed by atoms with Gasteiger partial charge in [0.2, 0.25) is 5.91 Å². The van der Waals surface area contributed by atoms with Crippen LogP contribution in [0.25, 0.3) is 0 Å². The molecule has 0 N–H and O–H groups in total. The maximum atomic E-state index is 12.7. The van der Waals surface area contributed by atoms with E-state index in [1.54, 1.807) is 7.11 Å². The summed E-state index contributed by atoms with van der Waals surface area (Å²) in [5, 5.41) is 9.52. The molecule has 0 aliphatic carbocycles. The summed E-state index contributed by atoms with van der Waals surface area (Å²) in [6.07, 6.45) is 1.71. The van der Waals surface area contributed by atoms with Crippen molar-refractivity contribution >= 4 is 17.7 Å². The first-order valence-corrected chi connectivity index (χ1v) is 10.8. The van der Waals surface area contributed by atoms with E-state index in [0.717, 1.165) is 23.8 Å². The van der Waals surface area contributed by atoms with E-state index >= 15 is 0 Å². The average molecular weight is 405 g/mol. The maximum Gasteiger partial charge on any atom is 0.233 e. The predicted octanol–water partition coefficient (Wildman–Crippen LogP) is 3.45. The number of methoxy groups -OCH3 is 1. The lowest BCUT2D eigenvalue weighted by atomic mass is 10.1. The van der Waals surface area contributed by atoms with E-state index in [1.807, 2.05) is 50.8 Å². The normalized spacial score (nSPS) is 11.4. The fourth-order valence-electron chi connectivity index (χ4n) is 3.29. The topological polar surface area (TPSA) is 60.2 Å². The Balaban J connectivity index is 2.06. The smallest absolute Gasteiger partial charge is 0.233 e. The molecule has 6 nitrogen and oxygen atoms in total. The Bertz CT molecular complexity index is 723. The molecule has 1 aromatic heterocycles. The van der Waals surface area contributed by atoms with Gasteiger partial charge in [0.1, 0.15) is 5.82 Å². The summed E-state index contributed by atoms with van der Waals surface area (Å²) in [5.41, 5.74) is 1.28. The quantitative estimate of drug-likeness (QED) is 0.537. The van der Waals surface area contributed by atoms with Crippen LogP contribution in [0.4, 0.5) is 0 Å². The lowest BCUT2D eigenvalue weighted by Crippen LogP contribution is -2.43. The van der Waals surface area contributed by atoms with Gasteiger partial charge in [0.15, 0.2) is 5.16 Å². The van der Waals surface area contributed by atoms with Crippen LogP contribution in [0, 0.1) is 0 Å². The van der Waals surface area contributed by atoms with Gasteiger partial charge in [-0.3, -0.25) is 4.79 Å². The molecule has 0 unspecified atom stereocenters. The molecule has 0 aliphatic heterocycles. The van der Waals surface area contributed by atoms with Crippen LogP contribution in [0.2, 0.25) is 0 Å². The fraction of sp³-hybridized carbons (Fsp3) is 0.571. The molecule has 0 fully saturated rings. The van der Waals surface area contributed by atoms with Gasteiger partial charge in [-0.25, -0.2) is 0 Å². The van der Waals surface area contributed by atoms with E-state index in [4.69, 9.17) is 4.74 Å². The summed E-state index contributed by atoms with van der Waals surface area (Å²) >= 11 is 1.45. The molecule has 0 radical (unpaired) electrons. The van der Waals surface area contributed by atoms with Gasteiger partial charge in [-0.15, -0.1) is 10.2 Å². The highest BCUT2D eigenvalue weighted by molar-refractivity contribution is 7.99. The molecule has 0 saturated heterocycles. The molecular weight excluding hydrogens is 372 g/mol. The van der Waals surface area contributed by atoms with Crippen molar-refractivity contribution in [2.24, 2.45) is 0 Å². The number of hydrogen-bond donors (Lipinski definition) is 0. The van der Waals surface area contributed by atoms with Crippen molar-refractivity contribution in [1.29, 1.82) is 0 Å². The first-order valence-electron chi connectivity index (χ1n) is 9.83. The van der Waals surface area contributed by atoms with Gasteiger partial charge in [-0.05, 0) is 39.7 Å². The zero-order valence-corrected chi connectivity index (χ0v) is 18.4. The third-order valence-electron chi connectivity index (χ3n) is 4.52. The molecule has 1 heterocycles. The van der Waals surface area contributed by atoms with Crippen LogP contribution in [0.3, 0.4) is 0 Å². The Morgan fingerprint density at radius 2 is 1.79 bits per heavy atom. The molecule has 0 aliphatic rings. The van der Waals surface area contributed by atoms with Gasteiger partial charge in [0.05, 0.1) is 12.4 Å². The first-order chi connectivity index (χ1) is 13.4. The Morgan fingerprint density at radius 3 is 2.39 bits per heavy atom. The molecule has 0 saturated carbocycles. The van der Waals surface area contributed by atoms with Gasteiger partial charge in [-0.1, -0.05) is 42.1 Å². The van der Waals surface area contributed by atoms with Crippen LogP contribution in [-0.2, 0) is 28.9 Å². The number of carbonyl (C=O) groups excluding carboxylic acids is 1. The summed E-state index contributed by atoms with van der Waals surface area (Å²) in [7, 11) is 1.69. The van der Waals surface area contributed by atoms with E-state index in [1.165, 1.54) is 17.3 Å². The van der Waals surface area contributed by atoms with Gasteiger partial charge in [0, 0.05) is 32.2 Å². The molecule has 0 bridgehead atoms. The van der Waals surface area contributed by atoms with Crippen LogP contribution in [0.1, 0.15) is 39.1 Å². The molecule has 1 aromatic carbocycles. The largest absolute Gasteiger partial charge is 0.383 e. The molecule has 1 amide bonds. The number of aryl methyl sites for hydroxylation is 2. The number of ether oxygens (including phenoxy) is 1. The molecular formula is C21H32N4O2S. The van der Waals surface area contributed by atoms with E-state index < -0.39 is 0 Å². The monoisotopic (exact) mass is 404 g/mol. The predicted molar refractivity (Wildman–Crippen MR) is 114 cm³/mol. The first kappa shape index (κ1) is 22.4. The van der Waals surface area contributed by atoms with Crippen molar-refractivity contribution in [1.82, 2.24) is 19.7 Å². The number of hydrogen-bond acceptors (Lipinski definition) is 5. The van der Waals surface area contributed by atoms with E-state index in [9.17, 15) is 4.79 Å². The third kappa shape index (κ3) is 6.34. The molecule has 154 valence electrons. The lowest BCUT2D eigenvalue weighted by molar-refractivity contribution is -0.131. The molecule has 28 heavy (non-hydrogen) atoms. The lowest BCUT2D eigenvalue weighted by Gasteiger charge is -2.30. The summed E-state index contributed by atoms with van der Waals surface area (Å²) in [4.78, 5) is 14.6. The van der Waals surface area contributed by atoms with Gasteiger partial charge in [-0.2, -0.15) is 0 Å². The van der Waals surface area contributed by atoms with E-state index in [0.29, 0.717) is 18.9 Å². The maximum absolute atomic E-state index is 12.7. The van der Waals surface area contributed by atoms with Crippen molar-refractivity contribution in [2.75, 3.05) is 19.5 Å². The zero-order valence-electron chi connectivity index (χ0n) is 17.6. The SMILES string of the molecule is COCCn1c(CCc2ccccc2)nnc1SCC(=O)N(C(C)C)C(C)C. The number of benzene rings is 1. The Morgan fingerprint density at radius 1 is 1.11 bits per heavy atom. The number of thioether (sulfide) groups is 1. The van der Waals surface area contributed by atoms with Crippen molar-refractivity contribution in [3.8, 4) is 0 Å². The van der Waals surface area contributed by atoms with Crippen LogP contribution >= 0.6 is 11.8 Å². The van der Waals surface area contributed by atoms with Crippen molar-refractivity contribution in [3.63, 3.8) is 0 Å². The number of rotatable bonds is 11. The van der Waals surface area contributed by atoms with Crippen molar-refractivity contribution < 1.29 is 9.53 Å². The third-order valence-corrected chi connectivity index (χ3v) is 5.47. The standard InChI is InChI=1S/C21H32N4O2S/c1-16(2)25(17(3)4)20(26)15-28-21-23-22-19(24(21)13-14-27-5)12-11-18-9-7-6-8-10-18/h6-10,16-17H,11-15H2,1-5H3. The summed E-state index contributed by atoms with van der Waals surface area (Å²) in [6.45, 7) is 9.46. The molecule has 2 aromatic rings. The molecule has 0 atom stereocenters. The van der Waals surface area contributed by atoms with Gasteiger partial charge < -0.3 is 14.2 Å². The minimum Gasteiger partial charge on any atom is -0.383 e. The molecule has 0 spiro atoms. The number of carbonyl (C=O) groups is 1. The van der Waals surface area contributed by atoms with Crippen molar-refractivity contribution in [3.05, 3.63) is 41.7 Å². The zero-order chi connectivity index (χ0) is 20.5. The number of nitrogens with zero attached hydrogens (tertiary/aromatic N) is 4. The minimum absolute atomic E-state index is 0.127. The van der Waals surface area contributed by atoms with Crippen molar-refractivity contribution in [2.45, 2.75) is 64.3 Å².